The zero-order valence-corrected chi connectivity index (χ0v) is 10.4. The Kier molecular flexibility index (Phi) is 5.01. The minimum atomic E-state index is 0.698. The quantitative estimate of drug-likeness (QED) is 0.734. The Morgan fingerprint density at radius 2 is 2.24 bits per heavy atom. The SMILES string of the molecule is NCC1CCCC1COCCCn1ccnc1. The Balaban J connectivity index is 1.54. The normalized spacial score (nSPS) is 24.3. The van der Waals surface area contributed by atoms with Crippen molar-refractivity contribution in [3.63, 3.8) is 0 Å². The van der Waals surface area contributed by atoms with Crippen LogP contribution in [0.15, 0.2) is 18.7 Å². The number of nitrogens with two attached hydrogens (primary N) is 1. The summed E-state index contributed by atoms with van der Waals surface area (Å²) in [4.78, 5) is 4.01. The fourth-order valence-corrected chi connectivity index (χ4v) is 2.65. The molecule has 0 aliphatic heterocycles. The number of aryl methyl sites for hydroxylation is 1. The van der Waals surface area contributed by atoms with Gasteiger partial charge in [-0.25, -0.2) is 4.98 Å². The lowest BCUT2D eigenvalue weighted by Gasteiger charge is -2.17. The summed E-state index contributed by atoms with van der Waals surface area (Å²) in [5.41, 5.74) is 5.75. The highest BCUT2D eigenvalue weighted by atomic mass is 16.5. The van der Waals surface area contributed by atoms with Gasteiger partial charge in [-0.05, 0) is 37.6 Å². The molecule has 0 spiro atoms. The van der Waals surface area contributed by atoms with Gasteiger partial charge in [0.25, 0.3) is 0 Å². The molecule has 0 saturated heterocycles. The maximum absolute atomic E-state index is 5.76. The predicted molar refractivity (Wildman–Crippen MR) is 67.5 cm³/mol. The number of rotatable bonds is 7. The number of aromatic nitrogens is 2. The molecule has 0 radical (unpaired) electrons. The maximum atomic E-state index is 5.76. The van der Waals surface area contributed by atoms with Gasteiger partial charge in [-0.3, -0.25) is 0 Å². The molecule has 1 saturated carbocycles. The number of imidazole rings is 1. The molecule has 2 unspecified atom stereocenters. The topological polar surface area (TPSA) is 53.1 Å². The number of nitrogens with zero attached hydrogens (tertiary/aromatic N) is 2. The van der Waals surface area contributed by atoms with E-state index in [9.17, 15) is 0 Å². The third-order valence-electron chi connectivity index (χ3n) is 3.72. The molecule has 1 aromatic heterocycles. The summed E-state index contributed by atoms with van der Waals surface area (Å²) in [6.07, 6.45) is 10.6. The fourth-order valence-electron chi connectivity index (χ4n) is 2.65. The molecule has 96 valence electrons. The molecule has 1 aliphatic rings. The summed E-state index contributed by atoms with van der Waals surface area (Å²) in [5, 5.41) is 0. The third kappa shape index (κ3) is 3.82. The van der Waals surface area contributed by atoms with Crippen LogP contribution in [0.5, 0.6) is 0 Å². The Bertz CT molecular complexity index is 300. The first-order valence-corrected chi connectivity index (χ1v) is 6.63. The van der Waals surface area contributed by atoms with Crippen molar-refractivity contribution in [2.24, 2.45) is 17.6 Å². The summed E-state index contributed by atoms with van der Waals surface area (Å²) in [7, 11) is 0. The van der Waals surface area contributed by atoms with Crippen molar-refractivity contribution in [2.75, 3.05) is 19.8 Å². The molecule has 1 aromatic rings. The first kappa shape index (κ1) is 12.6. The molecule has 17 heavy (non-hydrogen) atoms. The number of hydrogen-bond acceptors (Lipinski definition) is 3. The molecule has 0 amide bonds. The first-order valence-electron chi connectivity index (χ1n) is 6.63. The average molecular weight is 237 g/mol. The third-order valence-corrected chi connectivity index (χ3v) is 3.72. The van der Waals surface area contributed by atoms with Crippen molar-refractivity contribution >= 4 is 0 Å². The predicted octanol–water partition coefficient (Wildman–Crippen LogP) is 1.66. The van der Waals surface area contributed by atoms with E-state index in [-0.39, 0.29) is 0 Å². The van der Waals surface area contributed by atoms with Gasteiger partial charge in [-0.1, -0.05) is 6.42 Å². The molecular formula is C13H23N3O. The molecule has 1 heterocycles. The second-order valence-electron chi connectivity index (χ2n) is 4.92. The Morgan fingerprint density at radius 3 is 3.00 bits per heavy atom. The highest BCUT2D eigenvalue weighted by Crippen LogP contribution is 2.30. The minimum absolute atomic E-state index is 0.698. The van der Waals surface area contributed by atoms with Crippen LogP contribution >= 0.6 is 0 Å². The fraction of sp³-hybridized carbons (Fsp3) is 0.769. The van der Waals surface area contributed by atoms with Crippen LogP contribution in [0, 0.1) is 11.8 Å². The second kappa shape index (κ2) is 6.77. The van der Waals surface area contributed by atoms with Crippen molar-refractivity contribution in [2.45, 2.75) is 32.2 Å². The van der Waals surface area contributed by atoms with Crippen molar-refractivity contribution in [3.8, 4) is 0 Å². The van der Waals surface area contributed by atoms with Gasteiger partial charge in [-0.2, -0.15) is 0 Å². The van der Waals surface area contributed by atoms with E-state index < -0.39 is 0 Å². The van der Waals surface area contributed by atoms with Gasteiger partial charge in [0.2, 0.25) is 0 Å². The van der Waals surface area contributed by atoms with E-state index in [4.69, 9.17) is 10.5 Å². The second-order valence-corrected chi connectivity index (χ2v) is 4.92. The summed E-state index contributed by atoms with van der Waals surface area (Å²) < 4.78 is 7.84. The van der Waals surface area contributed by atoms with Crippen LogP contribution in [0.3, 0.4) is 0 Å². The van der Waals surface area contributed by atoms with Gasteiger partial charge < -0.3 is 15.0 Å². The smallest absolute Gasteiger partial charge is 0.0945 e. The molecule has 4 nitrogen and oxygen atoms in total. The molecule has 2 N–H and O–H groups in total. The molecule has 1 fully saturated rings. The summed E-state index contributed by atoms with van der Waals surface area (Å²) in [6.45, 7) is 3.55. The Hall–Kier alpha value is -0.870. The maximum Gasteiger partial charge on any atom is 0.0945 e. The van der Waals surface area contributed by atoms with Gasteiger partial charge in [-0.15, -0.1) is 0 Å². The van der Waals surface area contributed by atoms with Gasteiger partial charge in [0, 0.05) is 32.2 Å². The first-order chi connectivity index (χ1) is 8.40. The van der Waals surface area contributed by atoms with Gasteiger partial charge >= 0.3 is 0 Å². The van der Waals surface area contributed by atoms with Crippen molar-refractivity contribution < 1.29 is 4.74 Å². The standard InChI is InChI=1S/C13H23N3O/c14-9-12-3-1-4-13(12)10-17-8-2-6-16-7-5-15-11-16/h5,7,11-13H,1-4,6,8-10,14H2. The lowest BCUT2D eigenvalue weighted by Crippen LogP contribution is -2.22. The molecular weight excluding hydrogens is 214 g/mol. The van der Waals surface area contributed by atoms with E-state index in [1.54, 1.807) is 0 Å². The van der Waals surface area contributed by atoms with Crippen LogP contribution in [0.25, 0.3) is 0 Å². The van der Waals surface area contributed by atoms with E-state index >= 15 is 0 Å². The molecule has 0 bridgehead atoms. The zero-order valence-electron chi connectivity index (χ0n) is 10.4. The summed E-state index contributed by atoms with van der Waals surface area (Å²) >= 11 is 0. The van der Waals surface area contributed by atoms with Gasteiger partial charge in [0.1, 0.15) is 0 Å². The van der Waals surface area contributed by atoms with E-state index in [1.165, 1.54) is 19.3 Å². The van der Waals surface area contributed by atoms with Crippen LogP contribution in [-0.4, -0.2) is 29.3 Å². The van der Waals surface area contributed by atoms with Crippen LogP contribution < -0.4 is 5.73 Å². The highest BCUT2D eigenvalue weighted by molar-refractivity contribution is 4.77. The lowest BCUT2D eigenvalue weighted by atomic mass is 9.97. The molecule has 2 rings (SSSR count). The van der Waals surface area contributed by atoms with Crippen LogP contribution in [0.2, 0.25) is 0 Å². The monoisotopic (exact) mass is 237 g/mol. The van der Waals surface area contributed by atoms with Crippen LogP contribution in [0.4, 0.5) is 0 Å². The Morgan fingerprint density at radius 1 is 1.35 bits per heavy atom. The zero-order chi connectivity index (χ0) is 11.9. The van der Waals surface area contributed by atoms with Crippen LogP contribution in [0.1, 0.15) is 25.7 Å². The van der Waals surface area contributed by atoms with Crippen molar-refractivity contribution in [1.82, 2.24) is 9.55 Å². The summed E-state index contributed by atoms with van der Waals surface area (Å²) in [5.74, 6) is 1.40. The van der Waals surface area contributed by atoms with Crippen molar-refractivity contribution in [3.05, 3.63) is 18.7 Å². The molecule has 2 atom stereocenters. The molecule has 1 aliphatic carbocycles. The summed E-state index contributed by atoms with van der Waals surface area (Å²) in [6, 6.07) is 0. The van der Waals surface area contributed by atoms with E-state index in [2.05, 4.69) is 9.55 Å². The van der Waals surface area contributed by atoms with Gasteiger partial charge in [0.15, 0.2) is 0 Å². The Labute approximate surface area is 103 Å². The van der Waals surface area contributed by atoms with E-state index in [1.807, 2.05) is 18.7 Å². The van der Waals surface area contributed by atoms with Gasteiger partial charge in [0.05, 0.1) is 6.33 Å². The van der Waals surface area contributed by atoms with Crippen LogP contribution in [-0.2, 0) is 11.3 Å². The number of ether oxygens (including phenoxy) is 1. The minimum Gasteiger partial charge on any atom is -0.381 e. The molecule has 0 aromatic carbocycles. The van der Waals surface area contributed by atoms with E-state index in [0.29, 0.717) is 11.8 Å². The largest absolute Gasteiger partial charge is 0.381 e. The average Bonchev–Trinajstić information content (AvgIpc) is 2.98. The van der Waals surface area contributed by atoms with E-state index in [0.717, 1.165) is 32.7 Å². The molecule has 4 heteroatoms. The lowest BCUT2D eigenvalue weighted by molar-refractivity contribution is 0.0832. The number of hydrogen-bond donors (Lipinski definition) is 1. The highest BCUT2D eigenvalue weighted by Gasteiger charge is 2.25. The van der Waals surface area contributed by atoms with Crippen molar-refractivity contribution in [1.29, 1.82) is 0 Å².